The van der Waals surface area contributed by atoms with Crippen molar-refractivity contribution >= 4 is 15.7 Å². The summed E-state index contributed by atoms with van der Waals surface area (Å²) in [5.41, 5.74) is 1.66. The lowest BCUT2D eigenvalue weighted by atomic mass is 10.1. The molecule has 9 nitrogen and oxygen atoms in total. The van der Waals surface area contributed by atoms with Crippen LogP contribution in [0.1, 0.15) is 22.5 Å². The number of amides is 1. The van der Waals surface area contributed by atoms with Gasteiger partial charge in [0.15, 0.2) is 32.8 Å². The molecule has 178 valence electrons. The molecule has 0 N–H and O–H groups in total. The fourth-order valence-corrected chi connectivity index (χ4v) is 5.90. The number of ether oxygens (including phenoxy) is 3. The molecule has 2 aliphatic heterocycles. The van der Waals surface area contributed by atoms with E-state index in [0.29, 0.717) is 48.2 Å². The molecule has 0 spiro atoms. The highest BCUT2D eigenvalue weighted by molar-refractivity contribution is 7.91. The first kappa shape index (κ1) is 22.3. The Hall–Kier alpha value is -3.53. The van der Waals surface area contributed by atoms with Gasteiger partial charge in [0.2, 0.25) is 0 Å². The highest BCUT2D eigenvalue weighted by atomic mass is 32.2. The molecule has 2 aliphatic rings. The molecule has 0 unspecified atom stereocenters. The molecule has 0 aliphatic carbocycles. The van der Waals surface area contributed by atoms with Crippen LogP contribution in [-0.4, -0.2) is 62.3 Å². The minimum Gasteiger partial charge on any atom is -0.497 e. The number of fused-ring (bicyclic) bond motifs is 1. The van der Waals surface area contributed by atoms with E-state index in [4.69, 9.17) is 18.7 Å². The normalized spacial score (nSPS) is 18.4. The lowest BCUT2D eigenvalue weighted by molar-refractivity contribution is 0.0670. The Labute approximate surface area is 197 Å². The van der Waals surface area contributed by atoms with Gasteiger partial charge in [-0.05, 0) is 42.3 Å². The molecule has 1 saturated heterocycles. The Kier molecular flexibility index (Phi) is 5.91. The Morgan fingerprint density at radius 3 is 2.56 bits per heavy atom. The monoisotopic (exact) mass is 484 g/mol. The van der Waals surface area contributed by atoms with Crippen molar-refractivity contribution in [3.05, 3.63) is 59.8 Å². The van der Waals surface area contributed by atoms with Crippen LogP contribution in [0, 0.1) is 0 Å². The van der Waals surface area contributed by atoms with Gasteiger partial charge in [-0.25, -0.2) is 8.42 Å². The van der Waals surface area contributed by atoms with E-state index in [9.17, 15) is 13.2 Å². The second kappa shape index (κ2) is 9.02. The van der Waals surface area contributed by atoms with Crippen molar-refractivity contribution in [2.75, 3.05) is 31.8 Å². The number of carbonyl (C=O) groups is 1. The maximum atomic E-state index is 13.5. The zero-order valence-corrected chi connectivity index (χ0v) is 19.4. The summed E-state index contributed by atoms with van der Waals surface area (Å²) >= 11 is 0. The first-order chi connectivity index (χ1) is 16.4. The van der Waals surface area contributed by atoms with E-state index in [1.54, 1.807) is 48.4 Å². The van der Waals surface area contributed by atoms with Crippen molar-refractivity contribution < 1.29 is 31.9 Å². The molecule has 1 atom stereocenters. The Morgan fingerprint density at radius 2 is 1.85 bits per heavy atom. The van der Waals surface area contributed by atoms with Crippen molar-refractivity contribution in [2.24, 2.45) is 0 Å². The summed E-state index contributed by atoms with van der Waals surface area (Å²) in [4.78, 5) is 15.1. The van der Waals surface area contributed by atoms with Gasteiger partial charge in [-0.3, -0.25) is 4.79 Å². The van der Waals surface area contributed by atoms with Crippen LogP contribution in [0.5, 0.6) is 17.2 Å². The molecule has 1 fully saturated rings. The molecule has 3 heterocycles. The van der Waals surface area contributed by atoms with Crippen molar-refractivity contribution in [3.63, 3.8) is 0 Å². The molecular weight excluding hydrogens is 460 g/mol. The van der Waals surface area contributed by atoms with Gasteiger partial charge in [0.1, 0.15) is 19.0 Å². The number of aromatic nitrogens is 1. The largest absolute Gasteiger partial charge is 0.497 e. The minimum atomic E-state index is -3.19. The summed E-state index contributed by atoms with van der Waals surface area (Å²) in [6.07, 6.45) is 0.386. The van der Waals surface area contributed by atoms with Crippen LogP contribution < -0.4 is 14.2 Å². The average Bonchev–Trinajstić information content (AvgIpc) is 3.49. The Balaban J connectivity index is 1.41. The predicted molar refractivity (Wildman–Crippen MR) is 123 cm³/mol. The number of methoxy groups -OCH3 is 1. The molecule has 5 rings (SSSR count). The van der Waals surface area contributed by atoms with E-state index in [-0.39, 0.29) is 29.7 Å². The lowest BCUT2D eigenvalue weighted by Crippen LogP contribution is -2.40. The maximum absolute atomic E-state index is 13.5. The molecule has 2 aromatic carbocycles. The van der Waals surface area contributed by atoms with Crippen molar-refractivity contribution in [1.82, 2.24) is 10.1 Å². The third kappa shape index (κ3) is 4.58. The van der Waals surface area contributed by atoms with Gasteiger partial charge in [0.25, 0.3) is 5.91 Å². The van der Waals surface area contributed by atoms with Gasteiger partial charge in [-0.1, -0.05) is 17.3 Å². The fourth-order valence-electron chi connectivity index (χ4n) is 4.17. The summed E-state index contributed by atoms with van der Waals surface area (Å²) < 4.78 is 46.1. The summed E-state index contributed by atoms with van der Waals surface area (Å²) in [5, 5.41) is 3.99. The van der Waals surface area contributed by atoms with Gasteiger partial charge >= 0.3 is 0 Å². The molecular formula is C24H24N2O7S. The van der Waals surface area contributed by atoms with Gasteiger partial charge in [-0.2, -0.15) is 0 Å². The van der Waals surface area contributed by atoms with Crippen molar-refractivity contribution in [1.29, 1.82) is 0 Å². The number of carbonyl (C=O) groups excluding carboxylic acids is 1. The van der Waals surface area contributed by atoms with Gasteiger partial charge in [0, 0.05) is 24.2 Å². The number of rotatable bonds is 6. The third-order valence-corrected chi connectivity index (χ3v) is 7.73. The predicted octanol–water partition coefficient (Wildman–Crippen LogP) is 2.95. The van der Waals surface area contributed by atoms with Crippen molar-refractivity contribution in [3.8, 4) is 28.6 Å². The molecule has 1 amide bonds. The summed E-state index contributed by atoms with van der Waals surface area (Å²) in [5.74, 6) is 1.97. The zero-order chi connectivity index (χ0) is 23.7. The highest BCUT2D eigenvalue weighted by Gasteiger charge is 2.36. The summed E-state index contributed by atoms with van der Waals surface area (Å²) in [6.45, 7) is 1.20. The molecule has 10 heteroatoms. The Bertz CT molecular complexity index is 1300. The zero-order valence-electron chi connectivity index (χ0n) is 18.6. The number of hydrogen-bond donors (Lipinski definition) is 0. The van der Waals surface area contributed by atoms with Gasteiger partial charge in [-0.15, -0.1) is 0 Å². The first-order valence-corrected chi connectivity index (χ1v) is 12.7. The molecule has 0 bridgehead atoms. The Morgan fingerprint density at radius 1 is 1.09 bits per heavy atom. The van der Waals surface area contributed by atoms with Crippen LogP contribution in [0.2, 0.25) is 0 Å². The maximum Gasteiger partial charge on any atom is 0.276 e. The van der Waals surface area contributed by atoms with E-state index in [0.717, 1.165) is 5.56 Å². The smallest absolute Gasteiger partial charge is 0.276 e. The van der Waals surface area contributed by atoms with E-state index in [1.807, 2.05) is 12.1 Å². The van der Waals surface area contributed by atoms with E-state index in [1.165, 1.54) is 0 Å². The number of benzene rings is 2. The first-order valence-electron chi connectivity index (χ1n) is 10.9. The van der Waals surface area contributed by atoms with Crippen LogP contribution in [0.25, 0.3) is 11.3 Å². The molecule has 34 heavy (non-hydrogen) atoms. The quantitative estimate of drug-likeness (QED) is 0.526. The average molecular weight is 485 g/mol. The second-order valence-electron chi connectivity index (χ2n) is 8.27. The SMILES string of the molecule is COc1ccc(CN(C(=O)c2cc(-c3ccc4c(c3)OCCO4)on2)[C@@H]2CCS(=O)(=O)C2)cc1. The lowest BCUT2D eigenvalue weighted by Gasteiger charge is -2.27. The van der Waals surface area contributed by atoms with Crippen molar-refractivity contribution in [2.45, 2.75) is 19.0 Å². The second-order valence-corrected chi connectivity index (χ2v) is 10.5. The van der Waals surface area contributed by atoms with Crippen LogP contribution in [-0.2, 0) is 16.4 Å². The van der Waals surface area contributed by atoms with Gasteiger partial charge in [0.05, 0.1) is 18.6 Å². The van der Waals surface area contributed by atoms with E-state index < -0.39 is 15.9 Å². The fraction of sp³-hybridized carbons (Fsp3) is 0.333. The topological polar surface area (TPSA) is 108 Å². The van der Waals surface area contributed by atoms with Crippen LogP contribution in [0.4, 0.5) is 0 Å². The molecule has 0 saturated carbocycles. The third-order valence-electron chi connectivity index (χ3n) is 5.98. The highest BCUT2D eigenvalue weighted by Crippen LogP contribution is 2.35. The van der Waals surface area contributed by atoms with E-state index >= 15 is 0 Å². The summed E-state index contributed by atoms with van der Waals surface area (Å²) in [6, 6.07) is 13.8. The van der Waals surface area contributed by atoms with E-state index in [2.05, 4.69) is 5.16 Å². The van der Waals surface area contributed by atoms with Crippen LogP contribution >= 0.6 is 0 Å². The number of hydrogen-bond acceptors (Lipinski definition) is 8. The summed E-state index contributed by atoms with van der Waals surface area (Å²) in [7, 11) is -1.61. The van der Waals surface area contributed by atoms with Crippen LogP contribution in [0.3, 0.4) is 0 Å². The van der Waals surface area contributed by atoms with Gasteiger partial charge < -0.3 is 23.6 Å². The standard InChI is InChI=1S/C24H24N2O7S/c1-30-19-5-2-16(3-6-19)14-26(18-8-11-34(28,29)15-18)24(27)20-13-22(33-25-20)17-4-7-21-23(12-17)32-10-9-31-21/h2-7,12-13,18H,8-11,14-15H2,1H3/t18-/m1/s1. The molecule has 0 radical (unpaired) electrons. The number of nitrogens with zero attached hydrogens (tertiary/aromatic N) is 2. The minimum absolute atomic E-state index is 0.0608. The van der Waals surface area contributed by atoms with Crippen LogP contribution in [0.15, 0.2) is 53.1 Å². The number of sulfone groups is 1. The molecule has 1 aromatic heterocycles. The molecule has 3 aromatic rings.